The van der Waals surface area contributed by atoms with Gasteiger partial charge in [-0.1, -0.05) is 54.6 Å². The molecule has 2 aromatic carbocycles. The number of likely N-dealkylation sites (N-methyl/N-ethyl adjacent to an activating group) is 1. The fourth-order valence-corrected chi connectivity index (χ4v) is 3.66. The van der Waals surface area contributed by atoms with Crippen LogP contribution in [0.15, 0.2) is 54.6 Å². The van der Waals surface area contributed by atoms with E-state index in [2.05, 4.69) is 72.8 Å². The van der Waals surface area contributed by atoms with E-state index in [4.69, 9.17) is 0 Å². The van der Waals surface area contributed by atoms with Crippen LogP contribution in [0.1, 0.15) is 30.5 Å². The number of fused-ring (bicyclic) bond motifs is 1. The van der Waals surface area contributed by atoms with Gasteiger partial charge in [-0.05, 0) is 50.4 Å². The van der Waals surface area contributed by atoms with Crippen LogP contribution in [-0.4, -0.2) is 36.1 Å². The molecule has 2 amide bonds. The van der Waals surface area contributed by atoms with Crippen molar-refractivity contribution >= 4 is 6.03 Å². The summed E-state index contributed by atoms with van der Waals surface area (Å²) in [5.74, 6) is 0. The lowest BCUT2D eigenvalue weighted by Crippen LogP contribution is -2.53. The minimum Gasteiger partial charge on any atom is -0.337 e. The Hall–Kier alpha value is -2.33. The Morgan fingerprint density at radius 3 is 2.46 bits per heavy atom. The maximum atomic E-state index is 12.4. The molecule has 1 atom stereocenters. The molecule has 0 saturated heterocycles. The standard InChI is InChI=1S/C22H29N3O/c1-22(2,14-17-9-5-4-6-10-17)24-21(26)23-15-20-13-18-11-7-8-12-19(18)16-25(20)3/h4-12,20H,13-16H2,1-3H3,(H2,23,24,26). The maximum Gasteiger partial charge on any atom is 0.315 e. The van der Waals surface area contributed by atoms with E-state index in [0.717, 1.165) is 19.4 Å². The van der Waals surface area contributed by atoms with E-state index in [1.54, 1.807) is 0 Å². The number of hydrogen-bond acceptors (Lipinski definition) is 2. The first-order valence-corrected chi connectivity index (χ1v) is 9.30. The summed E-state index contributed by atoms with van der Waals surface area (Å²) < 4.78 is 0. The molecule has 0 fully saturated rings. The van der Waals surface area contributed by atoms with Gasteiger partial charge in [-0.15, -0.1) is 0 Å². The fourth-order valence-electron chi connectivity index (χ4n) is 3.66. The largest absolute Gasteiger partial charge is 0.337 e. The molecule has 26 heavy (non-hydrogen) atoms. The molecule has 0 aromatic heterocycles. The van der Waals surface area contributed by atoms with E-state index in [0.29, 0.717) is 12.6 Å². The first-order chi connectivity index (χ1) is 12.4. The van der Waals surface area contributed by atoms with E-state index in [1.165, 1.54) is 16.7 Å². The van der Waals surface area contributed by atoms with Crippen LogP contribution in [0.4, 0.5) is 4.79 Å². The van der Waals surface area contributed by atoms with Gasteiger partial charge in [0.2, 0.25) is 0 Å². The number of hydrogen-bond donors (Lipinski definition) is 2. The highest BCUT2D eigenvalue weighted by Gasteiger charge is 2.25. The first kappa shape index (κ1) is 18.5. The molecule has 0 radical (unpaired) electrons. The second-order valence-electron chi connectivity index (χ2n) is 7.92. The Morgan fingerprint density at radius 1 is 1.08 bits per heavy atom. The molecule has 0 bridgehead atoms. The van der Waals surface area contributed by atoms with Gasteiger partial charge in [0.15, 0.2) is 0 Å². The van der Waals surface area contributed by atoms with Crippen LogP contribution in [0.2, 0.25) is 0 Å². The third kappa shape index (κ3) is 4.85. The highest BCUT2D eigenvalue weighted by Crippen LogP contribution is 2.21. The molecule has 2 N–H and O–H groups in total. The van der Waals surface area contributed by atoms with Crippen LogP contribution in [0.5, 0.6) is 0 Å². The predicted octanol–water partition coefficient (Wildman–Crippen LogP) is 3.36. The average molecular weight is 351 g/mol. The molecule has 4 nitrogen and oxygen atoms in total. The van der Waals surface area contributed by atoms with E-state index in [1.807, 2.05) is 18.2 Å². The smallest absolute Gasteiger partial charge is 0.315 e. The van der Waals surface area contributed by atoms with Crippen molar-refractivity contribution in [1.82, 2.24) is 15.5 Å². The van der Waals surface area contributed by atoms with E-state index in [-0.39, 0.29) is 11.6 Å². The summed E-state index contributed by atoms with van der Waals surface area (Å²) in [7, 11) is 2.12. The van der Waals surface area contributed by atoms with Crippen LogP contribution in [0.25, 0.3) is 0 Å². The number of rotatable bonds is 5. The van der Waals surface area contributed by atoms with Crippen molar-refractivity contribution in [3.8, 4) is 0 Å². The van der Waals surface area contributed by atoms with Crippen molar-refractivity contribution in [2.24, 2.45) is 0 Å². The lowest BCUT2D eigenvalue weighted by molar-refractivity contribution is 0.200. The lowest BCUT2D eigenvalue weighted by Gasteiger charge is -2.34. The molecule has 1 aliphatic heterocycles. The maximum absolute atomic E-state index is 12.4. The molecule has 138 valence electrons. The van der Waals surface area contributed by atoms with Crippen molar-refractivity contribution in [2.75, 3.05) is 13.6 Å². The summed E-state index contributed by atoms with van der Waals surface area (Å²) >= 11 is 0. The van der Waals surface area contributed by atoms with Crippen molar-refractivity contribution in [3.05, 3.63) is 71.3 Å². The Bertz CT molecular complexity index is 742. The molecule has 2 aromatic rings. The molecule has 1 heterocycles. The topological polar surface area (TPSA) is 44.4 Å². The van der Waals surface area contributed by atoms with Gasteiger partial charge in [-0.2, -0.15) is 0 Å². The monoisotopic (exact) mass is 351 g/mol. The van der Waals surface area contributed by atoms with Gasteiger partial charge >= 0.3 is 6.03 Å². The van der Waals surface area contributed by atoms with Crippen LogP contribution < -0.4 is 10.6 Å². The molecular weight excluding hydrogens is 322 g/mol. The minimum atomic E-state index is -0.295. The molecule has 3 rings (SSSR count). The zero-order chi connectivity index (χ0) is 18.6. The molecule has 1 aliphatic rings. The van der Waals surface area contributed by atoms with Crippen molar-refractivity contribution in [2.45, 2.75) is 44.8 Å². The van der Waals surface area contributed by atoms with Crippen molar-refractivity contribution < 1.29 is 4.79 Å². The number of urea groups is 1. The van der Waals surface area contributed by atoms with E-state index in [9.17, 15) is 4.79 Å². The summed E-state index contributed by atoms with van der Waals surface area (Å²) in [6.07, 6.45) is 1.78. The SMILES string of the molecule is CN1Cc2ccccc2CC1CNC(=O)NC(C)(C)Cc1ccccc1. The summed E-state index contributed by atoms with van der Waals surface area (Å²) in [6.45, 7) is 5.70. The van der Waals surface area contributed by atoms with E-state index < -0.39 is 0 Å². The summed E-state index contributed by atoms with van der Waals surface area (Å²) in [6, 6.07) is 19.0. The Labute approximate surface area is 156 Å². The van der Waals surface area contributed by atoms with Gasteiger partial charge in [-0.25, -0.2) is 4.79 Å². The Kier molecular flexibility index (Phi) is 5.62. The second-order valence-corrected chi connectivity index (χ2v) is 7.92. The summed E-state index contributed by atoms with van der Waals surface area (Å²) in [5.41, 5.74) is 3.71. The van der Waals surface area contributed by atoms with Crippen LogP contribution in [0.3, 0.4) is 0 Å². The Morgan fingerprint density at radius 2 is 1.73 bits per heavy atom. The van der Waals surface area contributed by atoms with Crippen LogP contribution in [-0.2, 0) is 19.4 Å². The number of carbonyl (C=O) groups is 1. The highest BCUT2D eigenvalue weighted by molar-refractivity contribution is 5.74. The molecule has 1 unspecified atom stereocenters. The normalized spacial score (nSPS) is 17.4. The van der Waals surface area contributed by atoms with Gasteiger partial charge in [0, 0.05) is 24.7 Å². The van der Waals surface area contributed by atoms with Crippen LogP contribution in [0, 0.1) is 0 Å². The highest BCUT2D eigenvalue weighted by atomic mass is 16.2. The molecular formula is C22H29N3O. The van der Waals surface area contributed by atoms with E-state index >= 15 is 0 Å². The molecule has 0 aliphatic carbocycles. The molecule has 4 heteroatoms. The average Bonchev–Trinajstić information content (AvgIpc) is 2.60. The summed E-state index contributed by atoms with van der Waals surface area (Å²) in [4.78, 5) is 14.7. The summed E-state index contributed by atoms with van der Waals surface area (Å²) in [5, 5.41) is 6.17. The third-order valence-electron chi connectivity index (χ3n) is 5.06. The molecule has 0 saturated carbocycles. The zero-order valence-corrected chi connectivity index (χ0v) is 16.0. The van der Waals surface area contributed by atoms with Crippen LogP contribution >= 0.6 is 0 Å². The molecule has 0 spiro atoms. The first-order valence-electron chi connectivity index (χ1n) is 9.30. The van der Waals surface area contributed by atoms with Crippen molar-refractivity contribution in [3.63, 3.8) is 0 Å². The second kappa shape index (κ2) is 7.92. The number of benzene rings is 2. The number of carbonyl (C=O) groups excluding carboxylic acids is 1. The fraction of sp³-hybridized carbons (Fsp3) is 0.409. The third-order valence-corrected chi connectivity index (χ3v) is 5.06. The number of nitrogens with zero attached hydrogens (tertiary/aromatic N) is 1. The van der Waals surface area contributed by atoms with Crippen molar-refractivity contribution in [1.29, 1.82) is 0 Å². The Balaban J connectivity index is 1.51. The van der Waals surface area contributed by atoms with Gasteiger partial charge in [-0.3, -0.25) is 4.90 Å². The van der Waals surface area contributed by atoms with Gasteiger partial charge in [0.25, 0.3) is 0 Å². The predicted molar refractivity (Wildman–Crippen MR) is 106 cm³/mol. The van der Waals surface area contributed by atoms with Gasteiger partial charge in [0.1, 0.15) is 0 Å². The lowest BCUT2D eigenvalue weighted by atomic mass is 9.94. The van der Waals surface area contributed by atoms with Gasteiger partial charge < -0.3 is 10.6 Å². The minimum absolute atomic E-state index is 0.0989. The van der Waals surface area contributed by atoms with Gasteiger partial charge in [0.05, 0.1) is 0 Å². The quantitative estimate of drug-likeness (QED) is 0.867. The zero-order valence-electron chi connectivity index (χ0n) is 16.0. The number of nitrogens with one attached hydrogen (secondary N) is 2. The number of amides is 2.